The van der Waals surface area contributed by atoms with Gasteiger partial charge < -0.3 is 0 Å². The van der Waals surface area contributed by atoms with Crippen LogP contribution in [0.3, 0.4) is 0 Å². The van der Waals surface area contributed by atoms with E-state index in [4.69, 9.17) is 29.4 Å². The van der Waals surface area contributed by atoms with Crippen molar-refractivity contribution in [3.8, 4) is 11.5 Å². The quantitative estimate of drug-likeness (QED) is 0.427. The van der Waals surface area contributed by atoms with Gasteiger partial charge in [0.05, 0.1) is 0 Å². The molecule has 0 aliphatic heterocycles. The van der Waals surface area contributed by atoms with Crippen molar-refractivity contribution < 1.29 is 38.4 Å². The standard InChI is InChI=1S/C7H12O8P2/c1-5-2-6(14-16(8,9)10)4-7(3-5)15-17(11,12)13/h2-4,8-13H,1H3/q+2. The summed E-state index contributed by atoms with van der Waals surface area (Å²) in [4.78, 5) is 52.2. The van der Waals surface area contributed by atoms with E-state index in [1.807, 2.05) is 0 Å². The Bertz CT molecular complexity index is 362. The van der Waals surface area contributed by atoms with Crippen molar-refractivity contribution in [1.82, 2.24) is 0 Å². The number of hydrogen-bond donors (Lipinski definition) is 6. The van der Waals surface area contributed by atoms with E-state index in [1.165, 1.54) is 12.1 Å². The van der Waals surface area contributed by atoms with E-state index in [9.17, 15) is 0 Å². The number of hydrogen-bond acceptors (Lipinski definition) is 8. The van der Waals surface area contributed by atoms with Gasteiger partial charge in [0.2, 0.25) is 0 Å². The molecule has 96 valence electrons. The number of rotatable bonds is 4. The third-order valence-corrected chi connectivity index (χ3v) is 2.39. The van der Waals surface area contributed by atoms with E-state index >= 15 is 0 Å². The average Bonchev–Trinajstić information content (AvgIpc) is 1.93. The third-order valence-electron chi connectivity index (χ3n) is 1.48. The van der Waals surface area contributed by atoms with Crippen molar-refractivity contribution in [3.63, 3.8) is 0 Å². The zero-order valence-corrected chi connectivity index (χ0v) is 10.4. The van der Waals surface area contributed by atoms with Crippen LogP contribution in [0.1, 0.15) is 5.56 Å². The second kappa shape index (κ2) is 4.97. The highest BCUT2D eigenvalue weighted by molar-refractivity contribution is 7.54. The Morgan fingerprint density at radius 3 is 1.41 bits per heavy atom. The second-order valence-electron chi connectivity index (χ2n) is 3.19. The minimum absolute atomic E-state index is 0.158. The SMILES string of the molecule is Cc1cc(O[P+](O)(O)O)cc(O[P+](O)(O)O)c1. The van der Waals surface area contributed by atoms with Gasteiger partial charge in [0, 0.05) is 6.07 Å². The van der Waals surface area contributed by atoms with Crippen LogP contribution >= 0.6 is 16.3 Å². The summed E-state index contributed by atoms with van der Waals surface area (Å²) < 4.78 is 8.81. The molecule has 0 aliphatic rings. The Hall–Kier alpha value is -0.560. The molecule has 0 fully saturated rings. The first kappa shape index (κ1) is 14.5. The monoisotopic (exact) mass is 286 g/mol. The summed E-state index contributed by atoms with van der Waals surface area (Å²) in [6.45, 7) is 1.58. The molecule has 0 bridgehead atoms. The molecule has 1 rings (SSSR count). The first-order valence-electron chi connectivity index (χ1n) is 4.21. The highest BCUT2D eigenvalue weighted by Gasteiger charge is 2.37. The molecule has 1 aromatic rings. The minimum atomic E-state index is -4.46. The van der Waals surface area contributed by atoms with Crippen LogP contribution in [-0.4, -0.2) is 29.4 Å². The molecule has 0 spiro atoms. The summed E-state index contributed by atoms with van der Waals surface area (Å²) in [5.41, 5.74) is 0.513. The summed E-state index contributed by atoms with van der Waals surface area (Å²) in [5, 5.41) is 0. The van der Waals surface area contributed by atoms with Gasteiger partial charge in [-0.1, -0.05) is 0 Å². The van der Waals surface area contributed by atoms with Gasteiger partial charge in [-0.15, -0.1) is 0 Å². The number of benzene rings is 1. The van der Waals surface area contributed by atoms with Crippen LogP contribution in [-0.2, 0) is 0 Å². The largest absolute Gasteiger partial charge is 0.613 e. The molecule has 0 saturated carbocycles. The fourth-order valence-corrected chi connectivity index (χ4v) is 1.88. The van der Waals surface area contributed by atoms with Crippen LogP contribution in [0, 0.1) is 6.92 Å². The maximum atomic E-state index is 8.70. The lowest BCUT2D eigenvalue weighted by Crippen LogP contribution is -2.00. The zero-order chi connectivity index (χ0) is 13.3. The molecule has 0 amide bonds. The molecule has 8 nitrogen and oxygen atoms in total. The van der Waals surface area contributed by atoms with Crippen molar-refractivity contribution in [3.05, 3.63) is 23.8 Å². The van der Waals surface area contributed by atoms with Crippen molar-refractivity contribution in [2.75, 3.05) is 0 Å². The van der Waals surface area contributed by atoms with Crippen LogP contribution < -0.4 is 9.05 Å². The lowest BCUT2D eigenvalue weighted by atomic mass is 10.2. The average molecular weight is 286 g/mol. The van der Waals surface area contributed by atoms with Crippen LogP contribution in [0.5, 0.6) is 11.5 Å². The molecule has 0 aliphatic carbocycles. The Morgan fingerprint density at radius 1 is 0.765 bits per heavy atom. The molecule has 6 N–H and O–H groups in total. The van der Waals surface area contributed by atoms with Gasteiger partial charge in [-0.25, -0.2) is 0 Å². The summed E-state index contributed by atoms with van der Waals surface area (Å²) >= 11 is 0. The molecule has 0 radical (unpaired) electrons. The third kappa shape index (κ3) is 6.07. The van der Waals surface area contributed by atoms with Crippen LogP contribution in [0.15, 0.2) is 18.2 Å². The Morgan fingerprint density at radius 2 is 1.12 bits per heavy atom. The van der Waals surface area contributed by atoms with Crippen LogP contribution in [0.2, 0.25) is 0 Å². The molecule has 10 heteroatoms. The lowest BCUT2D eigenvalue weighted by Gasteiger charge is -2.07. The molecule has 1 aromatic carbocycles. The van der Waals surface area contributed by atoms with Crippen molar-refractivity contribution >= 4 is 16.3 Å². The van der Waals surface area contributed by atoms with Crippen LogP contribution in [0.4, 0.5) is 0 Å². The maximum Gasteiger partial charge on any atom is 0.613 e. The second-order valence-corrected chi connectivity index (χ2v) is 5.61. The van der Waals surface area contributed by atoms with E-state index in [-0.39, 0.29) is 11.5 Å². The highest BCUT2D eigenvalue weighted by Crippen LogP contribution is 2.49. The minimum Gasteiger partial charge on any atom is -0.261 e. The molecular formula is C7H12O8P2+2. The molecule has 0 atom stereocenters. The van der Waals surface area contributed by atoms with Crippen molar-refractivity contribution in [2.45, 2.75) is 6.92 Å². The maximum absolute atomic E-state index is 8.70. The van der Waals surface area contributed by atoms with Crippen molar-refractivity contribution in [1.29, 1.82) is 0 Å². The van der Waals surface area contributed by atoms with E-state index in [1.54, 1.807) is 6.92 Å². The summed E-state index contributed by atoms with van der Waals surface area (Å²) in [6, 6.07) is 3.73. The fourth-order valence-electron chi connectivity index (χ4n) is 1.10. The number of aryl methyl sites for hydroxylation is 1. The predicted molar refractivity (Wildman–Crippen MR) is 59.6 cm³/mol. The molecule has 0 aromatic heterocycles. The highest BCUT2D eigenvalue weighted by atomic mass is 31.2. The van der Waals surface area contributed by atoms with Crippen molar-refractivity contribution in [2.24, 2.45) is 0 Å². The zero-order valence-electron chi connectivity index (χ0n) is 8.63. The summed E-state index contributed by atoms with van der Waals surface area (Å²) in [7, 11) is -8.92. The topological polar surface area (TPSA) is 140 Å². The van der Waals surface area contributed by atoms with Gasteiger partial charge in [-0.05, 0) is 24.6 Å². The van der Waals surface area contributed by atoms with Gasteiger partial charge in [-0.2, -0.15) is 29.4 Å². The predicted octanol–water partition coefficient (Wildman–Crippen LogP) is 0.0616. The molecule has 0 unspecified atom stereocenters. The summed E-state index contributed by atoms with van der Waals surface area (Å²) in [6.07, 6.45) is 0. The van der Waals surface area contributed by atoms with E-state index in [0.29, 0.717) is 5.56 Å². The van der Waals surface area contributed by atoms with E-state index < -0.39 is 16.3 Å². The van der Waals surface area contributed by atoms with Gasteiger partial charge in [0.15, 0.2) is 11.5 Å². The summed E-state index contributed by atoms with van der Waals surface area (Å²) in [5.74, 6) is -0.316. The molecule has 0 heterocycles. The van der Waals surface area contributed by atoms with E-state index in [2.05, 4.69) is 9.05 Å². The first-order valence-corrected chi connectivity index (χ1v) is 7.34. The molecule has 0 saturated heterocycles. The van der Waals surface area contributed by atoms with Crippen LogP contribution in [0.25, 0.3) is 0 Å². The Balaban J connectivity index is 2.95. The van der Waals surface area contributed by atoms with E-state index in [0.717, 1.165) is 6.07 Å². The lowest BCUT2D eigenvalue weighted by molar-refractivity contribution is 0.235. The Kier molecular flexibility index (Phi) is 4.24. The Labute approximate surface area is 97.7 Å². The smallest absolute Gasteiger partial charge is 0.261 e. The normalized spacial score (nSPS) is 12.4. The van der Waals surface area contributed by atoms with Gasteiger partial charge in [0.1, 0.15) is 0 Å². The van der Waals surface area contributed by atoms with Gasteiger partial charge >= 0.3 is 16.3 Å². The van der Waals surface area contributed by atoms with Gasteiger partial charge in [-0.3, -0.25) is 9.05 Å². The first-order chi connectivity index (χ1) is 7.55. The molecular weight excluding hydrogens is 274 g/mol. The molecule has 17 heavy (non-hydrogen) atoms. The van der Waals surface area contributed by atoms with Gasteiger partial charge in [0.25, 0.3) is 0 Å². The fraction of sp³-hybridized carbons (Fsp3) is 0.143.